The maximum Gasteiger partial charge on any atom is 0.125 e. The first-order valence-electron chi connectivity index (χ1n) is 4.94. The Bertz CT molecular complexity index is 468. The summed E-state index contributed by atoms with van der Waals surface area (Å²) < 4.78 is 17.9. The lowest BCUT2D eigenvalue weighted by Crippen LogP contribution is -2.17. The van der Waals surface area contributed by atoms with E-state index in [1.807, 2.05) is 18.0 Å². The number of nitrogen functional groups attached to an aromatic ring is 1. The largest absolute Gasteiger partial charge is 0.472 e. The molecule has 0 spiro atoms. The van der Waals surface area contributed by atoms with E-state index < -0.39 is 0 Å². The van der Waals surface area contributed by atoms with E-state index in [2.05, 4.69) is 0 Å². The van der Waals surface area contributed by atoms with Gasteiger partial charge in [-0.2, -0.15) is 0 Å². The Hall–Kier alpha value is -1.97. The average molecular weight is 220 g/mol. The molecule has 0 fully saturated rings. The van der Waals surface area contributed by atoms with Gasteiger partial charge in [-0.1, -0.05) is 0 Å². The smallest absolute Gasteiger partial charge is 0.125 e. The van der Waals surface area contributed by atoms with Gasteiger partial charge in [0.25, 0.3) is 0 Å². The second kappa shape index (κ2) is 4.26. The van der Waals surface area contributed by atoms with Crippen molar-refractivity contribution in [3.63, 3.8) is 0 Å². The molecule has 1 aromatic heterocycles. The minimum Gasteiger partial charge on any atom is -0.472 e. The molecule has 1 heterocycles. The standard InChI is InChI=1S/C12H13FN2O/c1-15(7-9-4-5-16-8-9)12-3-2-10(13)6-11(12)14/h2-6,8H,7,14H2,1H3. The molecule has 0 aliphatic rings. The highest BCUT2D eigenvalue weighted by Crippen LogP contribution is 2.24. The van der Waals surface area contributed by atoms with Crippen LogP contribution in [0.2, 0.25) is 0 Å². The Kier molecular flexibility index (Phi) is 2.81. The van der Waals surface area contributed by atoms with Crippen molar-refractivity contribution in [1.82, 2.24) is 0 Å². The van der Waals surface area contributed by atoms with Crippen LogP contribution in [0.3, 0.4) is 0 Å². The van der Waals surface area contributed by atoms with Crippen LogP contribution in [0.1, 0.15) is 5.56 Å². The predicted molar refractivity (Wildman–Crippen MR) is 61.6 cm³/mol. The van der Waals surface area contributed by atoms with Crippen molar-refractivity contribution in [2.24, 2.45) is 0 Å². The number of hydrogen-bond donors (Lipinski definition) is 1. The maximum atomic E-state index is 12.9. The highest BCUT2D eigenvalue weighted by Gasteiger charge is 2.07. The Labute approximate surface area is 93.3 Å². The van der Waals surface area contributed by atoms with Crippen molar-refractivity contribution in [3.05, 3.63) is 48.2 Å². The molecule has 0 radical (unpaired) electrons. The zero-order valence-electron chi connectivity index (χ0n) is 8.98. The highest BCUT2D eigenvalue weighted by atomic mass is 19.1. The summed E-state index contributed by atoms with van der Waals surface area (Å²) in [5.41, 5.74) is 8.04. The second-order valence-electron chi connectivity index (χ2n) is 3.69. The van der Waals surface area contributed by atoms with E-state index in [0.29, 0.717) is 12.2 Å². The average Bonchev–Trinajstić information content (AvgIpc) is 2.70. The zero-order chi connectivity index (χ0) is 11.5. The van der Waals surface area contributed by atoms with E-state index in [0.717, 1.165) is 11.3 Å². The van der Waals surface area contributed by atoms with Crippen LogP contribution in [0.4, 0.5) is 15.8 Å². The van der Waals surface area contributed by atoms with Gasteiger partial charge in [-0.15, -0.1) is 0 Å². The first kappa shape index (κ1) is 10.5. The number of furan rings is 1. The molecule has 0 saturated heterocycles. The van der Waals surface area contributed by atoms with Crippen molar-refractivity contribution in [3.8, 4) is 0 Å². The van der Waals surface area contributed by atoms with Crippen molar-refractivity contribution in [1.29, 1.82) is 0 Å². The fourth-order valence-electron chi connectivity index (χ4n) is 1.61. The molecule has 2 N–H and O–H groups in total. The monoisotopic (exact) mass is 220 g/mol. The number of hydrogen-bond acceptors (Lipinski definition) is 3. The van der Waals surface area contributed by atoms with E-state index in [1.165, 1.54) is 12.1 Å². The van der Waals surface area contributed by atoms with Crippen LogP contribution in [0.5, 0.6) is 0 Å². The molecule has 0 aliphatic carbocycles. The van der Waals surface area contributed by atoms with Gasteiger partial charge in [0, 0.05) is 19.2 Å². The Balaban J connectivity index is 2.17. The van der Waals surface area contributed by atoms with Crippen LogP contribution in [0.25, 0.3) is 0 Å². The summed E-state index contributed by atoms with van der Waals surface area (Å²) in [4.78, 5) is 1.94. The number of anilines is 2. The minimum atomic E-state index is -0.321. The van der Waals surface area contributed by atoms with Gasteiger partial charge in [0.2, 0.25) is 0 Å². The molecule has 0 atom stereocenters. The molecule has 0 unspecified atom stereocenters. The second-order valence-corrected chi connectivity index (χ2v) is 3.69. The Morgan fingerprint density at radius 2 is 2.19 bits per heavy atom. The summed E-state index contributed by atoms with van der Waals surface area (Å²) in [6.45, 7) is 0.673. The number of rotatable bonds is 3. The maximum absolute atomic E-state index is 12.9. The predicted octanol–water partition coefficient (Wildman–Crippen LogP) is 2.64. The molecular formula is C12H13FN2O. The van der Waals surface area contributed by atoms with Crippen LogP contribution < -0.4 is 10.6 Å². The lowest BCUT2D eigenvalue weighted by molar-refractivity contribution is 0.563. The zero-order valence-corrected chi connectivity index (χ0v) is 8.98. The molecule has 4 heteroatoms. The van der Waals surface area contributed by atoms with Gasteiger partial charge < -0.3 is 15.1 Å². The van der Waals surface area contributed by atoms with E-state index in [-0.39, 0.29) is 5.82 Å². The van der Waals surface area contributed by atoms with Crippen LogP contribution in [0, 0.1) is 5.82 Å². The quantitative estimate of drug-likeness (QED) is 0.808. The molecule has 0 aliphatic heterocycles. The van der Waals surface area contributed by atoms with Crippen LogP contribution in [0.15, 0.2) is 41.2 Å². The summed E-state index contributed by atoms with van der Waals surface area (Å²) in [5.74, 6) is -0.321. The van der Waals surface area contributed by atoms with Gasteiger partial charge in [-0.05, 0) is 24.3 Å². The third kappa shape index (κ3) is 2.16. The summed E-state index contributed by atoms with van der Waals surface area (Å²) in [6, 6.07) is 6.28. The molecule has 0 amide bonds. The van der Waals surface area contributed by atoms with Crippen molar-refractivity contribution in [2.75, 3.05) is 17.7 Å². The molecule has 0 saturated carbocycles. The van der Waals surface area contributed by atoms with Gasteiger partial charge in [0.1, 0.15) is 5.82 Å². The van der Waals surface area contributed by atoms with Gasteiger partial charge in [-0.3, -0.25) is 0 Å². The van der Waals surface area contributed by atoms with Crippen LogP contribution >= 0.6 is 0 Å². The van der Waals surface area contributed by atoms with Gasteiger partial charge >= 0.3 is 0 Å². The van der Waals surface area contributed by atoms with Crippen molar-refractivity contribution >= 4 is 11.4 Å². The SMILES string of the molecule is CN(Cc1ccoc1)c1ccc(F)cc1N. The molecule has 3 nitrogen and oxygen atoms in total. The van der Waals surface area contributed by atoms with Gasteiger partial charge in [0.15, 0.2) is 0 Å². The summed E-state index contributed by atoms with van der Waals surface area (Å²) >= 11 is 0. The summed E-state index contributed by atoms with van der Waals surface area (Å²) in [5, 5.41) is 0. The molecule has 1 aromatic carbocycles. The normalized spacial score (nSPS) is 10.4. The van der Waals surface area contributed by atoms with Crippen LogP contribution in [-0.2, 0) is 6.54 Å². The molecular weight excluding hydrogens is 207 g/mol. The van der Waals surface area contributed by atoms with Gasteiger partial charge in [-0.25, -0.2) is 4.39 Å². The lowest BCUT2D eigenvalue weighted by atomic mass is 10.2. The minimum absolute atomic E-state index is 0.321. The summed E-state index contributed by atoms with van der Waals surface area (Å²) in [6.07, 6.45) is 3.30. The number of benzene rings is 1. The van der Waals surface area contributed by atoms with Crippen molar-refractivity contribution in [2.45, 2.75) is 6.54 Å². The topological polar surface area (TPSA) is 42.4 Å². The molecule has 84 valence electrons. The fourth-order valence-corrected chi connectivity index (χ4v) is 1.61. The molecule has 16 heavy (non-hydrogen) atoms. The van der Waals surface area contributed by atoms with E-state index in [1.54, 1.807) is 18.6 Å². The Morgan fingerprint density at radius 1 is 1.38 bits per heavy atom. The van der Waals surface area contributed by atoms with Gasteiger partial charge in [0.05, 0.1) is 23.9 Å². The van der Waals surface area contributed by atoms with E-state index in [4.69, 9.17) is 10.2 Å². The molecule has 2 aromatic rings. The number of nitrogens with zero attached hydrogens (tertiary/aromatic N) is 1. The third-order valence-electron chi connectivity index (χ3n) is 2.40. The lowest BCUT2D eigenvalue weighted by Gasteiger charge is -2.20. The first-order chi connectivity index (χ1) is 7.66. The third-order valence-corrected chi connectivity index (χ3v) is 2.40. The number of halogens is 1. The summed E-state index contributed by atoms with van der Waals surface area (Å²) in [7, 11) is 1.90. The highest BCUT2D eigenvalue weighted by molar-refractivity contribution is 5.67. The fraction of sp³-hybridized carbons (Fsp3) is 0.167. The van der Waals surface area contributed by atoms with Crippen molar-refractivity contribution < 1.29 is 8.81 Å². The molecule has 0 bridgehead atoms. The van der Waals surface area contributed by atoms with E-state index >= 15 is 0 Å². The van der Waals surface area contributed by atoms with E-state index in [9.17, 15) is 4.39 Å². The first-order valence-corrected chi connectivity index (χ1v) is 4.94. The number of nitrogens with two attached hydrogens (primary N) is 1. The van der Waals surface area contributed by atoms with Crippen LogP contribution in [-0.4, -0.2) is 7.05 Å². The Morgan fingerprint density at radius 3 is 2.81 bits per heavy atom. The molecule has 2 rings (SSSR count).